The van der Waals surface area contributed by atoms with E-state index in [1.165, 1.54) is 7.11 Å². The van der Waals surface area contributed by atoms with Gasteiger partial charge in [-0.15, -0.1) is 0 Å². The summed E-state index contributed by atoms with van der Waals surface area (Å²) >= 11 is 0. The first-order valence-electron chi connectivity index (χ1n) is 14.5. The molecule has 3 N–H and O–H groups in total. The second kappa shape index (κ2) is 8.44. The Morgan fingerprint density at radius 3 is 2.33 bits per heavy atom. The molecule has 5 aliphatic rings. The summed E-state index contributed by atoms with van der Waals surface area (Å²) in [7, 11) is 1.46. The number of amides is 1. The molecular formula is C32H44N2O5. The van der Waals surface area contributed by atoms with Gasteiger partial charge < -0.3 is 15.6 Å². The lowest BCUT2D eigenvalue weighted by Gasteiger charge is -2.68. The summed E-state index contributed by atoms with van der Waals surface area (Å²) in [5, 5.41) is 21.0. The Kier molecular flexibility index (Phi) is 6.05. The molecule has 9 atom stereocenters. The van der Waals surface area contributed by atoms with Gasteiger partial charge in [0.2, 0.25) is 5.91 Å². The zero-order chi connectivity index (χ0) is 28.9. The van der Waals surface area contributed by atoms with Gasteiger partial charge in [-0.05, 0) is 97.4 Å². The van der Waals surface area contributed by atoms with Gasteiger partial charge in [0.1, 0.15) is 11.2 Å². The normalized spacial score (nSPS) is 46.5. The number of nitrogens with zero attached hydrogens (tertiary/aromatic N) is 1. The van der Waals surface area contributed by atoms with Crippen LogP contribution >= 0.6 is 0 Å². The van der Waals surface area contributed by atoms with Crippen LogP contribution < -0.4 is 5.73 Å². The van der Waals surface area contributed by atoms with Gasteiger partial charge in [0.25, 0.3) is 0 Å². The summed E-state index contributed by atoms with van der Waals surface area (Å²) in [4.78, 5) is 40.1. The van der Waals surface area contributed by atoms with Crippen molar-refractivity contribution in [1.29, 1.82) is 5.26 Å². The van der Waals surface area contributed by atoms with Crippen LogP contribution in [0.1, 0.15) is 86.5 Å². The van der Waals surface area contributed by atoms with Gasteiger partial charge in [-0.3, -0.25) is 14.4 Å². The molecule has 3 saturated carbocycles. The van der Waals surface area contributed by atoms with Crippen LogP contribution in [0.15, 0.2) is 23.0 Å². The number of hydrogen-bond donors (Lipinski definition) is 2. The Labute approximate surface area is 232 Å². The molecule has 0 aromatic carbocycles. The Hall–Kier alpha value is -2.62. The van der Waals surface area contributed by atoms with Crippen LogP contribution in [-0.4, -0.2) is 29.9 Å². The minimum Gasteiger partial charge on any atom is -0.510 e. The molecule has 7 nitrogen and oxygen atoms in total. The smallest absolute Gasteiger partial charge is 0.308 e. The first kappa shape index (κ1) is 27.9. The number of hydrogen-bond acceptors (Lipinski definition) is 6. The number of primary amides is 1. The number of aliphatic hydroxyl groups is 1. The molecule has 0 bridgehead atoms. The van der Waals surface area contributed by atoms with Gasteiger partial charge in [0.15, 0.2) is 5.78 Å². The number of nitriles is 1. The topological polar surface area (TPSA) is 130 Å². The minimum absolute atomic E-state index is 0.0796. The summed E-state index contributed by atoms with van der Waals surface area (Å²) < 4.78 is 5.24. The van der Waals surface area contributed by atoms with Crippen molar-refractivity contribution in [2.24, 2.45) is 62.4 Å². The second-order valence-electron chi connectivity index (χ2n) is 14.9. The van der Waals surface area contributed by atoms with Gasteiger partial charge in [0.05, 0.1) is 24.7 Å². The number of rotatable bonds is 2. The fourth-order valence-electron chi connectivity index (χ4n) is 10.7. The largest absolute Gasteiger partial charge is 0.510 e. The van der Waals surface area contributed by atoms with Gasteiger partial charge >= 0.3 is 5.97 Å². The number of esters is 1. The number of carbonyl (C=O) groups excluding carboxylic acids is 3. The van der Waals surface area contributed by atoms with Crippen LogP contribution in [0.5, 0.6) is 0 Å². The van der Waals surface area contributed by atoms with E-state index in [0.29, 0.717) is 6.42 Å². The van der Waals surface area contributed by atoms with E-state index in [1.807, 2.05) is 6.08 Å². The van der Waals surface area contributed by atoms with Crippen LogP contribution in [0.25, 0.3) is 0 Å². The average molecular weight is 537 g/mol. The number of nitrogens with two attached hydrogens (primary N) is 1. The van der Waals surface area contributed by atoms with Crippen molar-refractivity contribution in [3.63, 3.8) is 0 Å². The Bertz CT molecular complexity index is 1260. The average Bonchev–Trinajstić information content (AvgIpc) is 2.85. The SMILES string of the molecule is COC(=O)[C@@H]1CC(C)(C)C[C@@H]2C1CC[C@]1(C)[C@@H]2C(=O)C=C2[C@@]3(C)CC(C#N)=C(O)[C@@](C)(C(N)=O)[C@@H]3CC[C@]21C. The van der Waals surface area contributed by atoms with Crippen LogP contribution in [0.3, 0.4) is 0 Å². The van der Waals surface area contributed by atoms with Crippen molar-refractivity contribution >= 4 is 17.7 Å². The molecule has 0 saturated heterocycles. The predicted octanol–water partition coefficient (Wildman–Crippen LogP) is 5.41. The third-order valence-electron chi connectivity index (χ3n) is 12.7. The second-order valence-corrected chi connectivity index (χ2v) is 14.9. The number of fused-ring (bicyclic) bond motifs is 7. The highest BCUT2D eigenvalue weighted by atomic mass is 16.5. The monoisotopic (exact) mass is 536 g/mol. The molecule has 7 heteroatoms. The predicted molar refractivity (Wildman–Crippen MR) is 146 cm³/mol. The molecule has 0 aliphatic heterocycles. The number of methoxy groups -OCH3 is 1. The first-order chi connectivity index (χ1) is 18.0. The molecule has 0 heterocycles. The molecule has 212 valence electrons. The number of allylic oxidation sites excluding steroid dienone is 3. The fraction of sp³-hybridized carbons (Fsp3) is 0.750. The van der Waals surface area contributed by atoms with Gasteiger partial charge in [-0.2, -0.15) is 5.26 Å². The standard InChI is InChI=1S/C32H44N2O5/c1-28(2)14-19-18(20(15-28)26(37)39-7)8-10-31(5)24(19)21(35)12-23-29(3)13-17(16-33)25(36)32(6,27(34)38)22(29)9-11-30(23,31)4/h12,18-20,22,24,36H,8-11,13-15H2,1-7H3,(H2,34,38)/t18?,19-,20-,22-,24+,29+,30-,31-,32+/m1/s1. The van der Waals surface area contributed by atoms with Crippen molar-refractivity contribution in [2.45, 2.75) is 86.5 Å². The summed E-state index contributed by atoms with van der Waals surface area (Å²) in [6.45, 7) is 12.7. The molecule has 5 aliphatic carbocycles. The number of carbonyl (C=O) groups is 3. The number of ether oxygens (including phenoxy) is 1. The Morgan fingerprint density at radius 2 is 1.74 bits per heavy atom. The van der Waals surface area contributed by atoms with E-state index < -0.39 is 16.7 Å². The van der Waals surface area contributed by atoms with Crippen molar-refractivity contribution in [1.82, 2.24) is 0 Å². The molecular weight excluding hydrogens is 492 g/mol. The molecule has 3 fully saturated rings. The highest BCUT2D eigenvalue weighted by Gasteiger charge is 2.70. The van der Waals surface area contributed by atoms with E-state index in [1.54, 1.807) is 6.92 Å². The van der Waals surface area contributed by atoms with E-state index in [9.17, 15) is 24.8 Å². The molecule has 1 unspecified atom stereocenters. The summed E-state index contributed by atoms with van der Waals surface area (Å²) in [6.07, 6.45) is 6.90. The van der Waals surface area contributed by atoms with E-state index in [4.69, 9.17) is 10.5 Å². The molecule has 0 aromatic rings. The minimum atomic E-state index is -1.38. The maximum Gasteiger partial charge on any atom is 0.308 e. The van der Waals surface area contributed by atoms with Gasteiger partial charge in [0, 0.05) is 5.92 Å². The summed E-state index contributed by atoms with van der Waals surface area (Å²) in [5.74, 6) is -1.44. The van der Waals surface area contributed by atoms with Crippen molar-refractivity contribution in [3.05, 3.63) is 23.0 Å². The van der Waals surface area contributed by atoms with Crippen LogP contribution in [0.2, 0.25) is 0 Å². The molecule has 5 rings (SSSR count). The van der Waals surface area contributed by atoms with Crippen LogP contribution in [-0.2, 0) is 19.1 Å². The zero-order valence-electron chi connectivity index (χ0n) is 24.5. The Balaban J connectivity index is 1.66. The van der Waals surface area contributed by atoms with E-state index in [-0.39, 0.29) is 75.3 Å². The lowest BCUT2D eigenvalue weighted by Crippen LogP contribution is -2.64. The van der Waals surface area contributed by atoms with E-state index >= 15 is 0 Å². The highest BCUT2D eigenvalue weighted by Crippen LogP contribution is 2.74. The highest BCUT2D eigenvalue weighted by molar-refractivity contribution is 5.96. The lowest BCUT2D eigenvalue weighted by molar-refractivity contribution is -0.173. The molecule has 0 aromatic heterocycles. The third kappa shape index (κ3) is 3.42. The van der Waals surface area contributed by atoms with E-state index in [2.05, 4.69) is 40.7 Å². The van der Waals surface area contributed by atoms with E-state index in [0.717, 1.165) is 37.7 Å². The summed E-state index contributed by atoms with van der Waals surface area (Å²) in [6, 6.07) is 2.14. The van der Waals surface area contributed by atoms with Crippen molar-refractivity contribution in [2.75, 3.05) is 7.11 Å². The maximum absolute atomic E-state index is 14.4. The molecule has 39 heavy (non-hydrogen) atoms. The zero-order valence-corrected chi connectivity index (χ0v) is 24.5. The lowest BCUT2D eigenvalue weighted by atomic mass is 9.35. The fourth-order valence-corrected chi connectivity index (χ4v) is 10.7. The number of aliphatic hydroxyl groups excluding tert-OH is 1. The van der Waals surface area contributed by atoms with Crippen LogP contribution in [0, 0.1) is 68.0 Å². The van der Waals surface area contributed by atoms with Crippen LogP contribution in [0.4, 0.5) is 0 Å². The number of ketones is 1. The Morgan fingerprint density at radius 1 is 1.08 bits per heavy atom. The van der Waals surface area contributed by atoms with Crippen molar-refractivity contribution in [3.8, 4) is 6.07 Å². The van der Waals surface area contributed by atoms with Crippen molar-refractivity contribution < 1.29 is 24.2 Å². The molecule has 1 amide bonds. The molecule has 0 spiro atoms. The first-order valence-corrected chi connectivity index (χ1v) is 14.5. The third-order valence-corrected chi connectivity index (χ3v) is 12.7. The summed E-state index contributed by atoms with van der Waals surface area (Å²) in [5.41, 5.74) is 4.30. The van der Waals surface area contributed by atoms with Gasteiger partial charge in [-0.25, -0.2) is 0 Å². The molecule has 0 radical (unpaired) electrons. The maximum atomic E-state index is 14.4. The quantitative estimate of drug-likeness (QED) is 0.454. The van der Waals surface area contributed by atoms with Gasteiger partial charge in [-0.1, -0.05) is 40.2 Å².